The van der Waals surface area contributed by atoms with Crippen molar-refractivity contribution in [3.05, 3.63) is 94.6 Å². The third-order valence-electron chi connectivity index (χ3n) is 20.9. The van der Waals surface area contributed by atoms with Gasteiger partial charge in [-0.25, -0.2) is 19.6 Å². The zero-order chi connectivity index (χ0) is 106. The van der Waals surface area contributed by atoms with Crippen molar-refractivity contribution in [1.82, 2.24) is 91.4 Å². The number of nitrogens with one attached hydrogen (secondary N) is 11. The number of esters is 1. The minimum absolute atomic E-state index is 0.00456. The second-order valence-corrected chi connectivity index (χ2v) is 32.1. The van der Waals surface area contributed by atoms with Crippen LogP contribution in [0.5, 0.6) is 11.5 Å². The van der Waals surface area contributed by atoms with E-state index in [1.54, 1.807) is 51.9 Å². The normalized spacial score (nSPS) is 12.4. The van der Waals surface area contributed by atoms with Gasteiger partial charge >= 0.3 is 11.9 Å². The smallest absolute Gasteiger partial charge is 0.328 e. The summed E-state index contributed by atoms with van der Waals surface area (Å²) in [7, 11) is 1.41. The second kappa shape index (κ2) is 65.8. The maximum atomic E-state index is 14.1. The Labute approximate surface area is 839 Å². The van der Waals surface area contributed by atoms with Gasteiger partial charge in [0.05, 0.1) is 201 Å². The molecule has 0 unspecified atom stereocenters. The molecule has 0 saturated heterocycles. The molecule has 1 aliphatic heterocycles. The van der Waals surface area contributed by atoms with Crippen molar-refractivity contribution < 1.29 is 148 Å². The number of carbonyl (C=O) groups excluding carboxylic acids is 16. The zero-order valence-electron chi connectivity index (χ0n) is 82.7. The number of amides is 15. The number of primary amides is 2. The van der Waals surface area contributed by atoms with Crippen LogP contribution in [0.2, 0.25) is 0 Å². The first-order valence-electron chi connectivity index (χ1n) is 47.4. The van der Waals surface area contributed by atoms with E-state index in [0.29, 0.717) is 139 Å². The number of methoxy groups -OCH3 is 1. The van der Waals surface area contributed by atoms with Gasteiger partial charge in [-0.2, -0.15) is 10.2 Å². The number of allylic oxidation sites excluding steroid dienone is 2. The highest BCUT2D eigenvalue weighted by molar-refractivity contribution is 6.14. The fourth-order valence-corrected chi connectivity index (χ4v) is 13.6. The van der Waals surface area contributed by atoms with E-state index in [4.69, 9.17) is 83.8 Å². The molecule has 54 heteroatoms. The van der Waals surface area contributed by atoms with Gasteiger partial charge in [0.1, 0.15) is 58.6 Å². The molecule has 15 amide bonds. The number of ether oxygens (including phenoxy) is 13. The summed E-state index contributed by atoms with van der Waals surface area (Å²) >= 11 is 0. The lowest BCUT2D eigenvalue weighted by Gasteiger charge is -2.20. The van der Waals surface area contributed by atoms with E-state index in [9.17, 15) is 86.6 Å². The van der Waals surface area contributed by atoms with Crippen LogP contribution < -0.4 is 85.2 Å². The largest absolute Gasteiger partial charge is 0.494 e. The van der Waals surface area contributed by atoms with Gasteiger partial charge in [-0.1, -0.05) is 12.2 Å². The first kappa shape index (κ1) is 119. The molecular formula is C92H133N23O31. The van der Waals surface area contributed by atoms with Crippen molar-refractivity contribution in [2.75, 3.05) is 215 Å². The highest BCUT2D eigenvalue weighted by Gasteiger charge is 2.31. The van der Waals surface area contributed by atoms with Crippen molar-refractivity contribution in [2.45, 2.75) is 130 Å². The van der Waals surface area contributed by atoms with Crippen molar-refractivity contribution in [1.29, 1.82) is 0 Å². The molecule has 0 saturated carbocycles. The molecule has 5 heterocycles. The van der Waals surface area contributed by atoms with E-state index in [0.717, 1.165) is 12.2 Å². The molecule has 146 heavy (non-hydrogen) atoms. The molecule has 54 nitrogen and oxygen atoms in total. The molecular weight excluding hydrogens is 1920 g/mol. The molecule has 1 aliphatic rings. The summed E-state index contributed by atoms with van der Waals surface area (Å²) in [4.78, 5) is 226. The molecule has 6 aromatic rings. The lowest BCUT2D eigenvalue weighted by molar-refractivity contribution is -0.147. The molecule has 0 aliphatic carbocycles. The predicted octanol–water partition coefficient (Wildman–Crippen LogP) is -3.25. The van der Waals surface area contributed by atoms with Crippen molar-refractivity contribution in [3.63, 3.8) is 0 Å². The topological polar surface area (TPSA) is 715 Å². The number of unbranched alkanes of at least 4 members (excludes halogenated alkanes) is 1. The molecule has 7 rings (SSSR count). The summed E-state index contributed by atoms with van der Waals surface area (Å²) in [5.74, 6) is -12.0. The SMILES string of the molecule is CCn1nc(C)cc1C(=O)Nc1nc2cc(C(N)=O)cc(OC)c2n1C/C=C/Cn1c(NC(=O)c2cc(C)nn2CC)nc2cc(C(N)=O)cc(OCCCOC(=O)[C@H](C)NC(=O)CCOCCOCCNC(=O)CC[C@H](NC(=O)CN3C(=O)C=CC3=O)C(=O)NCC(=O)NCC(=O)NCC(=O)NCC(=O)NCCOCCOCCOCCOCCOCCOCCOCCOCCC(=O)N[C@@H](CCCCN)C(=O)O)c21. The quantitative estimate of drug-likeness (QED) is 0.00772. The maximum Gasteiger partial charge on any atom is 0.328 e. The fourth-order valence-electron chi connectivity index (χ4n) is 13.6. The minimum atomic E-state index is -1.49. The molecule has 0 radical (unpaired) electrons. The third-order valence-corrected chi connectivity index (χ3v) is 20.9. The molecule has 3 atom stereocenters. The summed E-state index contributed by atoms with van der Waals surface area (Å²) < 4.78 is 78.5. The van der Waals surface area contributed by atoms with Crippen molar-refractivity contribution in [3.8, 4) is 11.5 Å². The number of nitrogens with zero attached hydrogens (tertiary/aromatic N) is 9. The summed E-state index contributed by atoms with van der Waals surface area (Å²) in [5, 5.41) is 45.5. The third kappa shape index (κ3) is 42.9. The van der Waals surface area contributed by atoms with Gasteiger partial charge in [-0.3, -0.25) is 96.8 Å². The molecule has 802 valence electrons. The number of imide groups is 1. The highest BCUT2D eigenvalue weighted by Crippen LogP contribution is 2.34. The van der Waals surface area contributed by atoms with E-state index in [1.807, 2.05) is 13.8 Å². The number of carboxylic acids is 1. The molecule has 4 aromatic heterocycles. The van der Waals surface area contributed by atoms with Gasteiger partial charge in [-0.05, 0) is 103 Å². The lowest BCUT2D eigenvalue weighted by Crippen LogP contribution is -2.52. The first-order valence-corrected chi connectivity index (χ1v) is 47.4. The van der Waals surface area contributed by atoms with Crippen molar-refractivity contribution >= 4 is 135 Å². The highest BCUT2D eigenvalue weighted by atomic mass is 16.6. The Morgan fingerprint density at radius 2 is 0.842 bits per heavy atom. The van der Waals surface area contributed by atoms with Crippen molar-refractivity contribution in [2.24, 2.45) is 17.2 Å². The Morgan fingerprint density at radius 3 is 1.27 bits per heavy atom. The predicted molar refractivity (Wildman–Crippen MR) is 517 cm³/mol. The van der Waals surface area contributed by atoms with Crippen LogP contribution in [0.15, 0.2) is 60.7 Å². The van der Waals surface area contributed by atoms with E-state index in [2.05, 4.69) is 73.7 Å². The van der Waals surface area contributed by atoms with Crippen LogP contribution in [0.25, 0.3) is 22.1 Å². The van der Waals surface area contributed by atoms with E-state index >= 15 is 0 Å². The number of hydrogen-bond acceptors (Lipinski definition) is 35. The van der Waals surface area contributed by atoms with Gasteiger partial charge in [0.15, 0.2) is 0 Å². The number of fused-ring (bicyclic) bond motifs is 2. The number of nitrogens with two attached hydrogens (primary N) is 3. The van der Waals surface area contributed by atoms with E-state index < -0.39 is 151 Å². The number of anilines is 2. The molecule has 2 aromatic carbocycles. The van der Waals surface area contributed by atoms with Crippen LogP contribution in [-0.2, 0) is 141 Å². The number of hydrogen-bond donors (Lipinski definition) is 15. The Balaban J connectivity index is 0.715. The minimum Gasteiger partial charge on any atom is -0.494 e. The van der Waals surface area contributed by atoms with Crippen LogP contribution in [-0.4, -0.2) is 372 Å². The van der Waals surface area contributed by atoms with Gasteiger partial charge < -0.3 is 141 Å². The van der Waals surface area contributed by atoms with Gasteiger partial charge in [-0.15, -0.1) is 0 Å². The number of carbonyl (C=O) groups is 17. The number of imidazole rings is 2. The number of aliphatic carboxylic acids is 1. The number of aromatic nitrogens is 8. The van der Waals surface area contributed by atoms with Crippen LogP contribution in [0.4, 0.5) is 11.9 Å². The van der Waals surface area contributed by atoms with Crippen LogP contribution in [0.3, 0.4) is 0 Å². The summed E-state index contributed by atoms with van der Waals surface area (Å²) in [6.07, 6.45) is 6.26. The van der Waals surface area contributed by atoms with Crippen LogP contribution in [0, 0.1) is 13.8 Å². The van der Waals surface area contributed by atoms with E-state index in [-0.39, 0.29) is 188 Å². The molecule has 0 bridgehead atoms. The zero-order valence-corrected chi connectivity index (χ0v) is 82.7. The molecule has 0 fully saturated rings. The average molecular weight is 2060 g/mol. The van der Waals surface area contributed by atoms with Gasteiger partial charge in [0, 0.05) is 88.2 Å². The fraction of sp³-hybridized carbons (Fsp3) is 0.554. The molecule has 18 N–H and O–H groups in total. The summed E-state index contributed by atoms with van der Waals surface area (Å²) in [5.41, 5.74) is 20.0. The second-order valence-electron chi connectivity index (χ2n) is 32.1. The lowest BCUT2D eigenvalue weighted by atomic mass is 10.1. The summed E-state index contributed by atoms with van der Waals surface area (Å²) in [6.45, 7) is 11.4. The number of carboxylic acid groups (broad SMARTS) is 1. The number of aryl methyl sites for hydroxylation is 4. The first-order chi connectivity index (χ1) is 70.3. The van der Waals surface area contributed by atoms with Crippen LogP contribution >= 0.6 is 0 Å². The Kier molecular flexibility index (Phi) is 53.5. The number of rotatable bonds is 77. The maximum absolute atomic E-state index is 14.1. The monoisotopic (exact) mass is 2060 g/mol. The standard InChI is InChI=1S/C92H133N23O31/c1-7-114-68(48-59(3)109-114)87(129)107-91-105-66-50-62(84(94)126)52-70(134-6)82(66)111(91)24-11-12-25-112-83-67(106-92(112)108-88(130)69-49-60(4)110-115(69)8-2)51-63(85(95)127)53-71(83)145-26-13-27-146-90(133)61(5)102-73(117)19-28-135-32-34-137-30-22-96-72(116)16-15-64(103-79(123)58-113-80(124)17-18-81(113)125)86(128)101-57-78(122)100-56-77(121)99-55-76(120)98-54-75(119)97-23-31-138-35-37-140-39-41-142-43-45-144-47-46-143-44-42-141-40-38-139-36-33-136-29-20-74(118)104-65(89(131)132)14-9-10-21-93/h11-12,17-18,48-53,61,64-65H,7-10,13-16,19-47,54-58,93H2,1-6H3,(H2,94,126)(H2,95,127)(H,96,116)(H,97,119)(H,98,120)(H,99,121)(H,100,122)(H,101,128)(H,102,117)(H,103,123)(H,104,118)(H,131,132)(H,105,107,129)(H,106,108,130)/b12-11+/t61-,64-,65-/m0/s1. The van der Waals surface area contributed by atoms with Crippen LogP contribution in [0.1, 0.15) is 125 Å². The Hall–Kier alpha value is -14.4. The molecule has 0 spiro atoms. The Bertz CT molecular complexity index is 5400. The summed E-state index contributed by atoms with van der Waals surface area (Å²) in [6, 6.07) is 5.51. The van der Waals surface area contributed by atoms with Gasteiger partial charge in [0.25, 0.3) is 23.6 Å². The average Bonchev–Trinajstić information content (AvgIpc) is 1.62. The van der Waals surface area contributed by atoms with E-state index in [1.165, 1.54) is 43.0 Å². The number of benzene rings is 2. The van der Waals surface area contributed by atoms with Gasteiger partial charge in [0.2, 0.25) is 76.9 Å². The Morgan fingerprint density at radius 1 is 0.438 bits per heavy atom.